The summed E-state index contributed by atoms with van der Waals surface area (Å²) >= 11 is 0. The molecule has 1 N–H and O–H groups in total. The van der Waals surface area contributed by atoms with Crippen molar-refractivity contribution in [1.29, 1.82) is 0 Å². The molecule has 0 aliphatic carbocycles. The summed E-state index contributed by atoms with van der Waals surface area (Å²) in [5, 5.41) is 6.68. The van der Waals surface area contributed by atoms with Gasteiger partial charge in [-0.05, 0) is 19.1 Å². The predicted molar refractivity (Wildman–Crippen MR) is 100 cm³/mol. The second-order valence-corrected chi connectivity index (χ2v) is 7.87. The number of sulfonamides is 1. The maximum atomic E-state index is 12.9. The molecule has 2 rings (SSSR count). The summed E-state index contributed by atoms with van der Waals surface area (Å²) in [7, 11) is 2.01. The van der Waals surface area contributed by atoms with Crippen LogP contribution in [0.3, 0.4) is 0 Å². The normalized spacial score (nSPS) is 11.6. The molecule has 0 bridgehead atoms. The largest absolute Gasteiger partial charge is 0.354 e. The maximum Gasteiger partial charge on any atom is 0.265 e. The molecule has 10 heteroatoms. The molecule has 27 heavy (non-hydrogen) atoms. The van der Waals surface area contributed by atoms with E-state index in [1.807, 2.05) is 6.92 Å². The van der Waals surface area contributed by atoms with E-state index in [1.165, 1.54) is 44.3 Å². The van der Waals surface area contributed by atoms with E-state index in [0.29, 0.717) is 0 Å². The highest BCUT2D eigenvalue weighted by molar-refractivity contribution is 7.92. The zero-order valence-electron chi connectivity index (χ0n) is 16.0. The van der Waals surface area contributed by atoms with Crippen LogP contribution in [0.5, 0.6) is 0 Å². The Kier molecular flexibility index (Phi) is 6.58. The molecule has 0 atom stereocenters. The lowest BCUT2D eigenvalue weighted by molar-refractivity contribution is -0.0974. The van der Waals surface area contributed by atoms with E-state index in [4.69, 9.17) is 9.47 Å². The Hall–Kier alpha value is -2.43. The third-order valence-corrected chi connectivity index (χ3v) is 5.85. The molecule has 0 unspecified atom stereocenters. The lowest BCUT2D eigenvalue weighted by atomic mass is 10.2. The van der Waals surface area contributed by atoms with Crippen LogP contribution in [0.25, 0.3) is 0 Å². The summed E-state index contributed by atoms with van der Waals surface area (Å²) < 4.78 is 38.3. The number of carbonyl (C=O) groups excluding carboxylic acids is 1. The van der Waals surface area contributed by atoms with Gasteiger partial charge in [0.25, 0.3) is 15.9 Å². The summed E-state index contributed by atoms with van der Waals surface area (Å²) in [5.41, 5.74) is 1.07. The summed E-state index contributed by atoms with van der Waals surface area (Å²) in [6, 6.07) is 6.48. The van der Waals surface area contributed by atoms with Crippen LogP contribution in [-0.4, -0.2) is 58.2 Å². The van der Waals surface area contributed by atoms with E-state index in [1.54, 1.807) is 19.2 Å². The van der Waals surface area contributed by atoms with Gasteiger partial charge in [-0.1, -0.05) is 17.7 Å². The van der Waals surface area contributed by atoms with Crippen molar-refractivity contribution < 1.29 is 22.7 Å². The Bertz CT molecular complexity index is 889. The first-order chi connectivity index (χ1) is 12.7. The lowest BCUT2D eigenvalue weighted by Gasteiger charge is -2.21. The zero-order chi connectivity index (χ0) is 20.2. The minimum atomic E-state index is -3.85. The van der Waals surface area contributed by atoms with Crippen LogP contribution in [0.15, 0.2) is 35.4 Å². The highest BCUT2D eigenvalue weighted by Gasteiger charge is 2.28. The summed E-state index contributed by atoms with van der Waals surface area (Å²) in [6.45, 7) is 1.98. The minimum Gasteiger partial charge on any atom is -0.354 e. The second-order valence-electron chi connectivity index (χ2n) is 5.90. The molecule has 0 saturated heterocycles. The molecule has 0 aliphatic rings. The van der Waals surface area contributed by atoms with E-state index in [-0.39, 0.29) is 22.8 Å². The van der Waals surface area contributed by atoms with Gasteiger partial charge in [0.15, 0.2) is 12.1 Å². The Balaban J connectivity index is 2.32. The van der Waals surface area contributed by atoms with Crippen LogP contribution < -0.4 is 9.62 Å². The van der Waals surface area contributed by atoms with Crippen LogP contribution >= 0.6 is 0 Å². The fourth-order valence-electron chi connectivity index (χ4n) is 2.48. The van der Waals surface area contributed by atoms with Gasteiger partial charge in [-0.15, -0.1) is 0 Å². The number of aromatic nitrogens is 2. The number of hydrogen-bond acceptors (Lipinski definition) is 6. The molecule has 0 radical (unpaired) electrons. The maximum absolute atomic E-state index is 12.9. The van der Waals surface area contributed by atoms with Gasteiger partial charge in [-0.3, -0.25) is 13.8 Å². The van der Waals surface area contributed by atoms with Gasteiger partial charge in [-0.25, -0.2) is 8.42 Å². The van der Waals surface area contributed by atoms with Crippen molar-refractivity contribution in [2.45, 2.75) is 18.1 Å². The fourth-order valence-corrected chi connectivity index (χ4v) is 3.72. The Morgan fingerprint density at radius 2 is 1.85 bits per heavy atom. The predicted octanol–water partition coefficient (Wildman–Crippen LogP) is 0.902. The molecule has 2 aromatic rings. The highest BCUT2D eigenvalue weighted by Crippen LogP contribution is 2.25. The smallest absolute Gasteiger partial charge is 0.265 e. The van der Waals surface area contributed by atoms with Crippen LogP contribution in [-0.2, 0) is 26.5 Å². The van der Waals surface area contributed by atoms with Crippen LogP contribution in [0.1, 0.15) is 15.9 Å². The van der Waals surface area contributed by atoms with Crippen molar-refractivity contribution in [1.82, 2.24) is 15.1 Å². The Morgan fingerprint density at radius 3 is 2.41 bits per heavy atom. The third kappa shape index (κ3) is 4.46. The summed E-state index contributed by atoms with van der Waals surface area (Å²) in [5.74, 6) is -0.331. The Morgan fingerprint density at radius 1 is 1.26 bits per heavy atom. The van der Waals surface area contributed by atoms with E-state index in [2.05, 4.69) is 10.4 Å². The number of carbonyl (C=O) groups is 1. The van der Waals surface area contributed by atoms with Gasteiger partial charge in [0, 0.05) is 28.3 Å². The van der Waals surface area contributed by atoms with Crippen molar-refractivity contribution in [3.8, 4) is 0 Å². The number of nitrogens with zero attached hydrogens (tertiary/aromatic N) is 3. The number of benzene rings is 1. The SMILES string of the molecule is COC(CNC(=O)c1cnn(C)c1N(C)S(=O)(=O)c1ccc(C)cc1)OC. The fraction of sp³-hybridized carbons (Fsp3) is 0.412. The first-order valence-electron chi connectivity index (χ1n) is 8.13. The number of hydrogen-bond donors (Lipinski definition) is 1. The standard InChI is InChI=1S/C17H24N4O5S/c1-12-6-8-13(9-7-12)27(23,24)21(3)17-14(10-19-20(17)2)16(22)18-11-15(25-4)26-5/h6-10,15H,11H2,1-5H3,(H,18,22). The van der Waals surface area contributed by atoms with Gasteiger partial charge in [-0.2, -0.15) is 5.10 Å². The van der Waals surface area contributed by atoms with Crippen molar-refractivity contribution >= 4 is 21.7 Å². The average molecular weight is 396 g/mol. The molecular formula is C17H24N4O5S. The number of amides is 1. The molecule has 1 aromatic heterocycles. The van der Waals surface area contributed by atoms with Gasteiger partial charge in [0.1, 0.15) is 5.56 Å². The highest BCUT2D eigenvalue weighted by atomic mass is 32.2. The third-order valence-electron chi connectivity index (χ3n) is 4.08. The monoisotopic (exact) mass is 396 g/mol. The molecule has 9 nitrogen and oxygen atoms in total. The Labute approximate surface area is 158 Å². The van der Waals surface area contributed by atoms with E-state index in [9.17, 15) is 13.2 Å². The number of nitrogens with one attached hydrogen (secondary N) is 1. The van der Waals surface area contributed by atoms with Gasteiger partial charge in [0.05, 0.1) is 17.6 Å². The molecular weight excluding hydrogens is 372 g/mol. The van der Waals surface area contributed by atoms with Gasteiger partial charge < -0.3 is 14.8 Å². The van der Waals surface area contributed by atoms with Crippen LogP contribution in [0.4, 0.5) is 5.82 Å². The van der Waals surface area contributed by atoms with E-state index in [0.717, 1.165) is 9.87 Å². The lowest BCUT2D eigenvalue weighted by Crippen LogP contribution is -2.36. The number of rotatable bonds is 8. The van der Waals surface area contributed by atoms with Crippen LogP contribution in [0.2, 0.25) is 0 Å². The first-order valence-corrected chi connectivity index (χ1v) is 9.57. The molecule has 0 saturated carbocycles. The number of ether oxygens (including phenoxy) is 2. The molecule has 0 spiro atoms. The average Bonchev–Trinajstić information content (AvgIpc) is 3.03. The molecule has 1 heterocycles. The van der Waals surface area contributed by atoms with Crippen molar-refractivity contribution in [3.63, 3.8) is 0 Å². The molecule has 148 valence electrons. The summed E-state index contributed by atoms with van der Waals surface area (Å²) in [6.07, 6.45) is 0.712. The van der Waals surface area contributed by atoms with Gasteiger partial charge >= 0.3 is 0 Å². The number of anilines is 1. The molecule has 0 aliphatic heterocycles. The van der Waals surface area contributed by atoms with E-state index < -0.39 is 22.2 Å². The zero-order valence-corrected chi connectivity index (χ0v) is 16.8. The minimum absolute atomic E-state index is 0.106. The second kappa shape index (κ2) is 8.51. The molecule has 0 fully saturated rings. The van der Waals surface area contributed by atoms with Crippen LogP contribution in [0, 0.1) is 6.92 Å². The molecule has 1 aromatic carbocycles. The number of aryl methyl sites for hydroxylation is 2. The summed E-state index contributed by atoms with van der Waals surface area (Å²) in [4.78, 5) is 12.7. The van der Waals surface area contributed by atoms with Crippen molar-refractivity contribution in [2.75, 3.05) is 32.1 Å². The van der Waals surface area contributed by atoms with Gasteiger partial charge in [0.2, 0.25) is 0 Å². The number of methoxy groups -OCH3 is 2. The van der Waals surface area contributed by atoms with Crippen molar-refractivity contribution in [2.24, 2.45) is 7.05 Å². The van der Waals surface area contributed by atoms with E-state index >= 15 is 0 Å². The quantitative estimate of drug-likeness (QED) is 0.665. The van der Waals surface area contributed by atoms with Crippen molar-refractivity contribution in [3.05, 3.63) is 41.6 Å². The molecule has 1 amide bonds. The first kappa shape index (κ1) is 20.9. The topological polar surface area (TPSA) is 103 Å².